The highest BCUT2D eigenvalue weighted by Gasteiger charge is 2.31. The van der Waals surface area contributed by atoms with E-state index in [1.165, 1.54) is 4.88 Å². The SMILES string of the molecule is Cc1ccc(CC(=O)NCC2(O)CCSC2)s1. The molecule has 0 bridgehead atoms. The Morgan fingerprint density at radius 3 is 3.00 bits per heavy atom. The van der Waals surface area contributed by atoms with Crippen molar-refractivity contribution in [2.75, 3.05) is 18.1 Å². The van der Waals surface area contributed by atoms with Crippen LogP contribution in [0.5, 0.6) is 0 Å². The number of carbonyl (C=O) groups is 1. The number of hydrogen-bond donors (Lipinski definition) is 2. The molecule has 17 heavy (non-hydrogen) atoms. The van der Waals surface area contributed by atoms with E-state index in [1.807, 2.05) is 19.1 Å². The Morgan fingerprint density at radius 1 is 1.59 bits per heavy atom. The molecule has 1 aromatic rings. The fraction of sp³-hybridized carbons (Fsp3) is 0.583. The van der Waals surface area contributed by atoms with Crippen LogP contribution in [0.25, 0.3) is 0 Å². The number of nitrogens with one attached hydrogen (secondary N) is 1. The van der Waals surface area contributed by atoms with Crippen LogP contribution in [-0.2, 0) is 11.2 Å². The van der Waals surface area contributed by atoms with Gasteiger partial charge in [0, 0.05) is 22.1 Å². The van der Waals surface area contributed by atoms with E-state index in [-0.39, 0.29) is 5.91 Å². The van der Waals surface area contributed by atoms with Gasteiger partial charge in [0.15, 0.2) is 0 Å². The number of thiophene rings is 1. The third-order valence-corrected chi connectivity index (χ3v) is 5.06. The second-order valence-electron chi connectivity index (χ2n) is 4.49. The summed E-state index contributed by atoms with van der Waals surface area (Å²) in [6, 6.07) is 4.01. The lowest BCUT2D eigenvalue weighted by Gasteiger charge is -2.21. The molecule has 1 unspecified atom stereocenters. The first-order valence-corrected chi connectivity index (χ1v) is 7.67. The zero-order valence-corrected chi connectivity index (χ0v) is 11.5. The van der Waals surface area contributed by atoms with Gasteiger partial charge in [-0.2, -0.15) is 11.8 Å². The molecule has 1 aliphatic heterocycles. The van der Waals surface area contributed by atoms with Crippen molar-refractivity contribution in [2.45, 2.75) is 25.4 Å². The zero-order valence-electron chi connectivity index (χ0n) is 9.86. The van der Waals surface area contributed by atoms with E-state index in [0.29, 0.717) is 13.0 Å². The van der Waals surface area contributed by atoms with Crippen molar-refractivity contribution >= 4 is 29.0 Å². The van der Waals surface area contributed by atoms with E-state index in [1.54, 1.807) is 23.1 Å². The fourth-order valence-corrected chi connectivity index (χ4v) is 3.98. The van der Waals surface area contributed by atoms with Gasteiger partial charge in [-0.25, -0.2) is 0 Å². The predicted molar refractivity (Wildman–Crippen MR) is 72.7 cm³/mol. The molecule has 1 amide bonds. The molecular weight excluding hydrogens is 254 g/mol. The molecule has 0 aromatic carbocycles. The van der Waals surface area contributed by atoms with Crippen molar-refractivity contribution < 1.29 is 9.90 Å². The average molecular weight is 271 g/mol. The average Bonchev–Trinajstić information content (AvgIpc) is 2.86. The van der Waals surface area contributed by atoms with E-state index in [9.17, 15) is 9.90 Å². The van der Waals surface area contributed by atoms with Crippen molar-refractivity contribution in [3.05, 3.63) is 21.9 Å². The molecule has 1 fully saturated rings. The summed E-state index contributed by atoms with van der Waals surface area (Å²) in [5.74, 6) is 1.71. The lowest BCUT2D eigenvalue weighted by molar-refractivity contribution is -0.121. The van der Waals surface area contributed by atoms with Crippen LogP contribution in [0, 0.1) is 6.92 Å². The zero-order chi connectivity index (χ0) is 12.3. The van der Waals surface area contributed by atoms with E-state index in [0.717, 1.165) is 22.8 Å². The Bertz CT molecular complexity index is 397. The van der Waals surface area contributed by atoms with Gasteiger partial charge in [0.05, 0.1) is 12.0 Å². The fourth-order valence-electron chi connectivity index (χ4n) is 1.80. The van der Waals surface area contributed by atoms with E-state index in [4.69, 9.17) is 0 Å². The second kappa shape index (κ2) is 5.42. The first kappa shape index (κ1) is 12.9. The highest BCUT2D eigenvalue weighted by Crippen LogP contribution is 2.27. The molecule has 3 nitrogen and oxygen atoms in total. The topological polar surface area (TPSA) is 49.3 Å². The van der Waals surface area contributed by atoms with Crippen molar-refractivity contribution in [3.8, 4) is 0 Å². The van der Waals surface area contributed by atoms with Gasteiger partial charge < -0.3 is 10.4 Å². The number of rotatable bonds is 4. The number of carbonyl (C=O) groups excluding carboxylic acids is 1. The number of amides is 1. The van der Waals surface area contributed by atoms with Gasteiger partial charge in [-0.3, -0.25) is 4.79 Å². The largest absolute Gasteiger partial charge is 0.387 e. The van der Waals surface area contributed by atoms with Gasteiger partial charge in [-0.15, -0.1) is 11.3 Å². The Labute approximate surface area is 110 Å². The molecule has 2 rings (SSSR count). The van der Waals surface area contributed by atoms with Crippen molar-refractivity contribution in [2.24, 2.45) is 0 Å². The van der Waals surface area contributed by atoms with Gasteiger partial charge in [0.25, 0.3) is 0 Å². The first-order chi connectivity index (χ1) is 8.07. The van der Waals surface area contributed by atoms with Crippen LogP contribution in [0.4, 0.5) is 0 Å². The maximum absolute atomic E-state index is 11.7. The summed E-state index contributed by atoms with van der Waals surface area (Å²) in [6.07, 6.45) is 1.19. The van der Waals surface area contributed by atoms with Gasteiger partial charge in [-0.05, 0) is 31.2 Å². The molecule has 0 spiro atoms. The van der Waals surface area contributed by atoms with E-state index < -0.39 is 5.60 Å². The summed E-state index contributed by atoms with van der Waals surface area (Å²) in [7, 11) is 0. The van der Waals surface area contributed by atoms with Crippen LogP contribution in [-0.4, -0.2) is 34.7 Å². The van der Waals surface area contributed by atoms with Crippen molar-refractivity contribution in [1.82, 2.24) is 5.32 Å². The summed E-state index contributed by atoms with van der Waals surface area (Å²) < 4.78 is 0. The van der Waals surface area contributed by atoms with Gasteiger partial charge in [-0.1, -0.05) is 0 Å². The van der Waals surface area contributed by atoms with Crippen LogP contribution in [0.1, 0.15) is 16.2 Å². The van der Waals surface area contributed by atoms with Crippen molar-refractivity contribution in [3.63, 3.8) is 0 Å². The van der Waals surface area contributed by atoms with Crippen LogP contribution < -0.4 is 5.32 Å². The van der Waals surface area contributed by atoms with Gasteiger partial charge >= 0.3 is 0 Å². The molecule has 1 atom stereocenters. The molecule has 0 radical (unpaired) electrons. The third-order valence-electron chi connectivity index (χ3n) is 2.83. The maximum atomic E-state index is 11.7. The minimum Gasteiger partial charge on any atom is -0.387 e. The van der Waals surface area contributed by atoms with Gasteiger partial charge in [0.1, 0.15) is 0 Å². The molecule has 0 aliphatic carbocycles. The first-order valence-electron chi connectivity index (χ1n) is 5.70. The smallest absolute Gasteiger partial charge is 0.225 e. The third kappa shape index (κ3) is 3.72. The summed E-state index contributed by atoms with van der Waals surface area (Å²) in [5.41, 5.74) is -0.689. The minimum absolute atomic E-state index is 0.00262. The Morgan fingerprint density at radius 2 is 2.41 bits per heavy atom. The number of aliphatic hydroxyl groups is 1. The van der Waals surface area contributed by atoms with E-state index >= 15 is 0 Å². The van der Waals surface area contributed by atoms with E-state index in [2.05, 4.69) is 5.32 Å². The van der Waals surface area contributed by atoms with Crippen LogP contribution in [0.15, 0.2) is 12.1 Å². The second-order valence-corrected chi connectivity index (χ2v) is 6.97. The molecule has 94 valence electrons. The minimum atomic E-state index is -0.689. The van der Waals surface area contributed by atoms with Crippen LogP contribution >= 0.6 is 23.1 Å². The van der Waals surface area contributed by atoms with Crippen LogP contribution in [0.2, 0.25) is 0 Å². The summed E-state index contributed by atoms with van der Waals surface area (Å²) in [4.78, 5) is 14.0. The number of thioether (sulfide) groups is 1. The normalized spacial score (nSPS) is 23.9. The summed E-state index contributed by atoms with van der Waals surface area (Å²) in [5, 5.41) is 12.9. The predicted octanol–water partition coefficient (Wildman–Crippen LogP) is 1.58. The summed E-state index contributed by atoms with van der Waals surface area (Å²) >= 11 is 3.39. The number of aryl methyl sites for hydroxylation is 1. The lowest BCUT2D eigenvalue weighted by atomic mass is 10.0. The Hall–Kier alpha value is -0.520. The standard InChI is InChI=1S/C12H17NO2S2/c1-9-2-3-10(17-9)6-11(14)13-7-12(15)4-5-16-8-12/h2-3,15H,4-8H2,1H3,(H,13,14). The van der Waals surface area contributed by atoms with Crippen molar-refractivity contribution in [1.29, 1.82) is 0 Å². The molecule has 2 heterocycles. The molecule has 1 aliphatic rings. The molecule has 0 saturated carbocycles. The number of hydrogen-bond acceptors (Lipinski definition) is 4. The molecule has 2 N–H and O–H groups in total. The quantitative estimate of drug-likeness (QED) is 0.874. The molecular formula is C12H17NO2S2. The molecule has 1 aromatic heterocycles. The Kier molecular flexibility index (Phi) is 4.12. The molecule has 5 heteroatoms. The highest BCUT2D eigenvalue weighted by atomic mass is 32.2. The molecule has 1 saturated heterocycles. The summed E-state index contributed by atoms with van der Waals surface area (Å²) in [6.45, 7) is 2.41. The lowest BCUT2D eigenvalue weighted by Crippen LogP contribution is -2.43. The van der Waals surface area contributed by atoms with Gasteiger partial charge in [0.2, 0.25) is 5.91 Å². The highest BCUT2D eigenvalue weighted by molar-refractivity contribution is 7.99. The monoisotopic (exact) mass is 271 g/mol. The Balaban J connectivity index is 1.77. The maximum Gasteiger partial charge on any atom is 0.225 e. The van der Waals surface area contributed by atoms with Crippen LogP contribution in [0.3, 0.4) is 0 Å².